The summed E-state index contributed by atoms with van der Waals surface area (Å²) in [6.07, 6.45) is 1.30. The number of hydrogen-bond donors (Lipinski definition) is 1. The van der Waals surface area contributed by atoms with E-state index < -0.39 is 0 Å². The molecule has 1 fully saturated rings. The van der Waals surface area contributed by atoms with E-state index in [2.05, 4.69) is 33.1 Å². The van der Waals surface area contributed by atoms with Gasteiger partial charge in [-0.15, -0.1) is 0 Å². The predicted molar refractivity (Wildman–Crippen MR) is 55.8 cm³/mol. The maximum atomic E-state index is 5.20. The van der Waals surface area contributed by atoms with Crippen molar-refractivity contribution < 1.29 is 4.74 Å². The summed E-state index contributed by atoms with van der Waals surface area (Å²) in [7, 11) is 3.84. The Morgan fingerprint density at radius 2 is 1.85 bits per heavy atom. The average molecular weight is 185 g/mol. The molecule has 1 rings (SSSR count). The molecule has 0 aliphatic heterocycles. The van der Waals surface area contributed by atoms with Crippen LogP contribution in [0, 0.1) is 17.3 Å². The van der Waals surface area contributed by atoms with Gasteiger partial charge in [0.15, 0.2) is 0 Å². The average Bonchev–Trinajstić information content (AvgIpc) is 2.60. The maximum absolute atomic E-state index is 5.20. The van der Waals surface area contributed by atoms with Crippen LogP contribution in [-0.4, -0.2) is 26.8 Å². The Morgan fingerprint density at radius 1 is 1.23 bits per heavy atom. The van der Waals surface area contributed by atoms with E-state index in [1.165, 1.54) is 6.42 Å². The van der Waals surface area contributed by atoms with Crippen molar-refractivity contribution in [3.63, 3.8) is 0 Å². The van der Waals surface area contributed by atoms with Gasteiger partial charge < -0.3 is 10.1 Å². The zero-order chi connectivity index (χ0) is 10.1. The van der Waals surface area contributed by atoms with Crippen LogP contribution in [0.1, 0.15) is 27.2 Å². The van der Waals surface area contributed by atoms with Crippen molar-refractivity contribution in [1.82, 2.24) is 5.32 Å². The van der Waals surface area contributed by atoms with E-state index in [0.29, 0.717) is 11.5 Å². The highest BCUT2D eigenvalue weighted by Crippen LogP contribution is 2.46. The molecule has 0 heterocycles. The molecule has 78 valence electrons. The molecule has 3 atom stereocenters. The number of ether oxygens (including phenoxy) is 1. The molecule has 0 amide bonds. The van der Waals surface area contributed by atoms with Gasteiger partial charge in [-0.2, -0.15) is 0 Å². The molecular weight excluding hydrogens is 162 g/mol. The zero-order valence-corrected chi connectivity index (χ0v) is 9.55. The van der Waals surface area contributed by atoms with Gasteiger partial charge in [-0.05, 0) is 24.8 Å². The van der Waals surface area contributed by atoms with Gasteiger partial charge in [0.05, 0.1) is 6.61 Å². The molecule has 1 aliphatic carbocycles. The molecule has 2 nitrogen and oxygen atoms in total. The van der Waals surface area contributed by atoms with Gasteiger partial charge in [0.1, 0.15) is 0 Å². The Morgan fingerprint density at radius 3 is 2.23 bits per heavy atom. The second kappa shape index (κ2) is 3.97. The third-order valence-electron chi connectivity index (χ3n) is 2.87. The lowest BCUT2D eigenvalue weighted by Crippen LogP contribution is -2.15. The number of hydrogen-bond acceptors (Lipinski definition) is 2. The first-order chi connectivity index (χ1) is 5.99. The molecule has 13 heavy (non-hydrogen) atoms. The summed E-state index contributed by atoms with van der Waals surface area (Å²) in [6.45, 7) is 7.83. The zero-order valence-electron chi connectivity index (χ0n) is 9.55. The van der Waals surface area contributed by atoms with E-state index in [4.69, 9.17) is 4.74 Å². The third kappa shape index (κ3) is 2.96. The Labute approximate surface area is 82.0 Å². The van der Waals surface area contributed by atoms with Gasteiger partial charge in [0.2, 0.25) is 0 Å². The van der Waals surface area contributed by atoms with Crippen molar-refractivity contribution in [3.8, 4) is 0 Å². The van der Waals surface area contributed by atoms with Crippen LogP contribution in [0.4, 0.5) is 0 Å². The first-order valence-electron chi connectivity index (χ1n) is 5.16. The fourth-order valence-corrected chi connectivity index (χ4v) is 2.28. The second-order valence-corrected chi connectivity index (χ2v) is 5.36. The summed E-state index contributed by atoms with van der Waals surface area (Å²) < 4.78 is 5.20. The number of rotatable bonds is 4. The summed E-state index contributed by atoms with van der Waals surface area (Å²) in [5.41, 5.74) is 0.447. The summed E-state index contributed by atoms with van der Waals surface area (Å²) >= 11 is 0. The standard InChI is InChI=1S/C11H23NO/c1-11(2,3)6-8-9(7-13-5)10(8)12-4/h8-10,12H,6-7H2,1-5H3. The van der Waals surface area contributed by atoms with Gasteiger partial charge in [-0.25, -0.2) is 0 Å². The SMILES string of the molecule is CNC1C(COC)C1CC(C)(C)C. The highest BCUT2D eigenvalue weighted by molar-refractivity contribution is 5.03. The van der Waals surface area contributed by atoms with Crippen molar-refractivity contribution in [3.05, 3.63) is 0 Å². The highest BCUT2D eigenvalue weighted by atomic mass is 16.5. The summed E-state index contributed by atoms with van der Waals surface area (Å²) in [4.78, 5) is 0. The molecule has 0 aromatic carbocycles. The molecule has 0 aromatic rings. The van der Waals surface area contributed by atoms with Crippen molar-refractivity contribution in [1.29, 1.82) is 0 Å². The van der Waals surface area contributed by atoms with Crippen LogP contribution >= 0.6 is 0 Å². The molecular formula is C11H23NO. The van der Waals surface area contributed by atoms with Gasteiger partial charge in [-0.1, -0.05) is 20.8 Å². The number of methoxy groups -OCH3 is 1. The van der Waals surface area contributed by atoms with Crippen molar-refractivity contribution in [2.75, 3.05) is 20.8 Å². The summed E-state index contributed by atoms with van der Waals surface area (Å²) in [5.74, 6) is 1.57. The molecule has 3 unspecified atom stereocenters. The lowest BCUT2D eigenvalue weighted by molar-refractivity contribution is 0.175. The van der Waals surface area contributed by atoms with Crippen LogP contribution < -0.4 is 5.32 Å². The molecule has 0 saturated heterocycles. The quantitative estimate of drug-likeness (QED) is 0.722. The smallest absolute Gasteiger partial charge is 0.0508 e. The first kappa shape index (κ1) is 11.0. The predicted octanol–water partition coefficient (Wildman–Crippen LogP) is 1.90. The Hall–Kier alpha value is -0.0800. The van der Waals surface area contributed by atoms with E-state index in [-0.39, 0.29) is 0 Å². The van der Waals surface area contributed by atoms with E-state index >= 15 is 0 Å². The second-order valence-electron chi connectivity index (χ2n) is 5.36. The van der Waals surface area contributed by atoms with E-state index in [9.17, 15) is 0 Å². The fraction of sp³-hybridized carbons (Fsp3) is 1.00. The Kier molecular flexibility index (Phi) is 3.36. The van der Waals surface area contributed by atoms with Crippen molar-refractivity contribution in [2.24, 2.45) is 17.3 Å². The van der Waals surface area contributed by atoms with Crippen molar-refractivity contribution >= 4 is 0 Å². The molecule has 0 radical (unpaired) electrons. The third-order valence-corrected chi connectivity index (χ3v) is 2.87. The maximum Gasteiger partial charge on any atom is 0.0508 e. The molecule has 2 heteroatoms. The fourth-order valence-electron chi connectivity index (χ4n) is 2.28. The number of nitrogens with one attached hydrogen (secondary N) is 1. The Bertz CT molecular complexity index is 162. The minimum atomic E-state index is 0.447. The molecule has 1 N–H and O–H groups in total. The molecule has 0 aromatic heterocycles. The van der Waals surface area contributed by atoms with Crippen LogP contribution in [0.3, 0.4) is 0 Å². The minimum absolute atomic E-state index is 0.447. The summed E-state index contributed by atoms with van der Waals surface area (Å²) in [5, 5.41) is 3.37. The van der Waals surface area contributed by atoms with E-state index in [1.807, 2.05) is 0 Å². The van der Waals surface area contributed by atoms with Crippen LogP contribution in [0.25, 0.3) is 0 Å². The normalized spacial score (nSPS) is 33.5. The molecule has 1 aliphatic rings. The van der Waals surface area contributed by atoms with Gasteiger partial charge in [0, 0.05) is 19.1 Å². The topological polar surface area (TPSA) is 21.3 Å². The van der Waals surface area contributed by atoms with Crippen LogP contribution in [-0.2, 0) is 4.74 Å². The van der Waals surface area contributed by atoms with Gasteiger partial charge in [-0.3, -0.25) is 0 Å². The summed E-state index contributed by atoms with van der Waals surface area (Å²) in [6, 6.07) is 0.694. The van der Waals surface area contributed by atoms with Crippen molar-refractivity contribution in [2.45, 2.75) is 33.2 Å². The van der Waals surface area contributed by atoms with Crippen LogP contribution in [0.2, 0.25) is 0 Å². The van der Waals surface area contributed by atoms with E-state index in [0.717, 1.165) is 18.4 Å². The first-order valence-corrected chi connectivity index (χ1v) is 5.16. The van der Waals surface area contributed by atoms with Gasteiger partial charge >= 0.3 is 0 Å². The lowest BCUT2D eigenvalue weighted by atomic mass is 9.89. The molecule has 0 spiro atoms. The minimum Gasteiger partial charge on any atom is -0.384 e. The Balaban J connectivity index is 2.36. The molecule has 1 saturated carbocycles. The highest BCUT2D eigenvalue weighted by Gasteiger charge is 2.49. The van der Waals surface area contributed by atoms with Crippen LogP contribution in [0.5, 0.6) is 0 Å². The lowest BCUT2D eigenvalue weighted by Gasteiger charge is -2.17. The van der Waals surface area contributed by atoms with Gasteiger partial charge in [0.25, 0.3) is 0 Å². The molecule has 0 bridgehead atoms. The largest absolute Gasteiger partial charge is 0.384 e. The van der Waals surface area contributed by atoms with Crippen LogP contribution in [0.15, 0.2) is 0 Å². The monoisotopic (exact) mass is 185 g/mol. The van der Waals surface area contributed by atoms with E-state index in [1.54, 1.807) is 7.11 Å².